The summed E-state index contributed by atoms with van der Waals surface area (Å²) in [4.78, 5) is 37.9. The third-order valence-electron chi connectivity index (χ3n) is 6.37. The molecule has 0 aliphatic heterocycles. The van der Waals surface area contributed by atoms with Crippen molar-refractivity contribution in [3.63, 3.8) is 0 Å². The van der Waals surface area contributed by atoms with Crippen LogP contribution in [0.25, 0.3) is 6.08 Å². The van der Waals surface area contributed by atoms with E-state index in [1.165, 1.54) is 18.2 Å². The summed E-state index contributed by atoms with van der Waals surface area (Å²) in [5.41, 5.74) is -0.394. The van der Waals surface area contributed by atoms with E-state index in [1.54, 1.807) is 0 Å². The molecule has 1 aliphatic rings. The Balaban J connectivity index is 1.83. The van der Waals surface area contributed by atoms with Gasteiger partial charge in [0.25, 0.3) is 0 Å². The summed E-state index contributed by atoms with van der Waals surface area (Å²) < 4.78 is 5.30. The van der Waals surface area contributed by atoms with Crippen LogP contribution >= 0.6 is 0 Å². The number of aromatic hydroxyl groups is 6. The van der Waals surface area contributed by atoms with Crippen molar-refractivity contribution in [3.8, 4) is 34.5 Å². The number of fused-ring (bicyclic) bond motifs is 1. The van der Waals surface area contributed by atoms with Gasteiger partial charge in [-0.25, -0.2) is 9.59 Å². The van der Waals surface area contributed by atoms with Crippen LogP contribution in [-0.4, -0.2) is 64.9 Å². The molecule has 39 heavy (non-hydrogen) atoms. The van der Waals surface area contributed by atoms with E-state index in [0.29, 0.717) is 0 Å². The van der Waals surface area contributed by atoms with Crippen LogP contribution in [0.15, 0.2) is 54.1 Å². The second-order valence-electron chi connectivity index (χ2n) is 8.84. The van der Waals surface area contributed by atoms with Crippen molar-refractivity contribution in [2.45, 2.75) is 24.4 Å². The van der Waals surface area contributed by atoms with Crippen LogP contribution in [0, 0.1) is 0 Å². The van der Waals surface area contributed by atoms with Crippen LogP contribution < -0.4 is 0 Å². The van der Waals surface area contributed by atoms with Gasteiger partial charge in [-0.1, -0.05) is 18.2 Å². The van der Waals surface area contributed by atoms with Crippen molar-refractivity contribution in [1.29, 1.82) is 0 Å². The highest BCUT2D eigenvalue weighted by atomic mass is 16.6. The first-order chi connectivity index (χ1) is 18.4. The highest BCUT2D eigenvalue weighted by Crippen LogP contribution is 2.51. The fourth-order valence-electron chi connectivity index (χ4n) is 4.53. The average Bonchev–Trinajstić information content (AvgIpc) is 2.88. The van der Waals surface area contributed by atoms with Gasteiger partial charge in [0.2, 0.25) is 6.10 Å². The zero-order valence-electron chi connectivity index (χ0n) is 19.8. The Morgan fingerprint density at radius 2 is 1.38 bits per heavy atom. The number of carboxylic acid groups (broad SMARTS) is 2. The van der Waals surface area contributed by atoms with E-state index in [0.717, 1.165) is 36.4 Å². The lowest BCUT2D eigenvalue weighted by Gasteiger charge is -2.33. The van der Waals surface area contributed by atoms with Gasteiger partial charge in [-0.3, -0.25) is 4.79 Å². The molecule has 202 valence electrons. The second kappa shape index (κ2) is 10.2. The van der Waals surface area contributed by atoms with Crippen molar-refractivity contribution in [3.05, 3.63) is 76.4 Å². The lowest BCUT2D eigenvalue weighted by atomic mass is 9.71. The third kappa shape index (κ3) is 5.07. The summed E-state index contributed by atoms with van der Waals surface area (Å²) in [6, 6.07) is 9.12. The fourth-order valence-corrected chi connectivity index (χ4v) is 4.53. The standard InChI is InChI=1S/C27H22O12/c28-15-4-1-11(7-18(15)31)8-20(26(36)37)39-27(38)23-21(13-2-5-16(29)19(32)10-13)14(25(34)35)9-12-3-6-17(30)24(33)22(12)23/h1-7,9-10,20-21,23,28-33H,8H2,(H,34,35)(H,36,37). The van der Waals surface area contributed by atoms with Crippen LogP contribution in [0.5, 0.6) is 34.5 Å². The normalized spacial score (nSPS) is 17.0. The maximum absolute atomic E-state index is 13.7. The van der Waals surface area contributed by atoms with Gasteiger partial charge in [-0.15, -0.1) is 0 Å². The Bertz CT molecular complexity index is 1520. The Labute approximate surface area is 219 Å². The Morgan fingerprint density at radius 1 is 0.769 bits per heavy atom. The Hall–Kier alpha value is -5.39. The molecule has 0 spiro atoms. The Morgan fingerprint density at radius 3 is 1.97 bits per heavy atom. The summed E-state index contributed by atoms with van der Waals surface area (Å²) in [6.07, 6.45) is -1.15. The highest BCUT2D eigenvalue weighted by molar-refractivity contribution is 6.00. The van der Waals surface area contributed by atoms with Crippen molar-refractivity contribution >= 4 is 24.0 Å². The molecule has 1 aliphatic carbocycles. The lowest BCUT2D eigenvalue weighted by Crippen LogP contribution is -2.35. The molecule has 0 radical (unpaired) electrons. The van der Waals surface area contributed by atoms with E-state index in [-0.39, 0.29) is 27.8 Å². The minimum Gasteiger partial charge on any atom is -0.504 e. The number of carboxylic acids is 2. The van der Waals surface area contributed by atoms with E-state index in [2.05, 4.69) is 0 Å². The van der Waals surface area contributed by atoms with E-state index in [4.69, 9.17) is 4.74 Å². The minimum absolute atomic E-state index is 0.00428. The summed E-state index contributed by atoms with van der Waals surface area (Å²) in [6.45, 7) is 0. The van der Waals surface area contributed by atoms with Gasteiger partial charge in [0.15, 0.2) is 34.5 Å². The zero-order chi connectivity index (χ0) is 28.6. The number of esters is 1. The van der Waals surface area contributed by atoms with E-state index < -0.39 is 76.8 Å². The van der Waals surface area contributed by atoms with Gasteiger partial charge in [0, 0.05) is 23.5 Å². The SMILES string of the molecule is O=C(O)C1=Cc2ccc(O)c(O)c2C(C(=O)OC(Cc2ccc(O)c(O)c2)C(=O)O)C1c1ccc(O)c(O)c1. The number of hydrogen-bond acceptors (Lipinski definition) is 10. The van der Waals surface area contributed by atoms with Crippen LogP contribution in [0.3, 0.4) is 0 Å². The summed E-state index contributed by atoms with van der Waals surface area (Å²) in [5.74, 6) is -11.1. The molecular weight excluding hydrogens is 516 g/mol. The van der Waals surface area contributed by atoms with Gasteiger partial charge < -0.3 is 45.6 Å². The number of phenolic OH excluding ortho intramolecular Hbond substituents is 6. The van der Waals surface area contributed by atoms with E-state index >= 15 is 0 Å². The molecule has 0 heterocycles. The second-order valence-corrected chi connectivity index (χ2v) is 8.84. The van der Waals surface area contributed by atoms with Crippen molar-refractivity contribution in [2.24, 2.45) is 0 Å². The molecule has 0 saturated carbocycles. The number of aliphatic carboxylic acids is 2. The average molecular weight is 538 g/mol. The summed E-state index contributed by atoms with van der Waals surface area (Å²) in [7, 11) is 0. The molecule has 4 rings (SSSR count). The third-order valence-corrected chi connectivity index (χ3v) is 6.37. The van der Waals surface area contributed by atoms with Crippen LogP contribution in [-0.2, 0) is 25.5 Å². The van der Waals surface area contributed by atoms with Crippen LogP contribution in [0.4, 0.5) is 0 Å². The lowest BCUT2D eigenvalue weighted by molar-refractivity contribution is -0.165. The van der Waals surface area contributed by atoms with Gasteiger partial charge in [0.05, 0.1) is 5.92 Å². The molecule has 12 heteroatoms. The first kappa shape index (κ1) is 26.7. The first-order valence-corrected chi connectivity index (χ1v) is 11.3. The smallest absolute Gasteiger partial charge is 0.345 e. The van der Waals surface area contributed by atoms with Crippen LogP contribution in [0.1, 0.15) is 34.1 Å². The van der Waals surface area contributed by atoms with E-state index in [9.17, 15) is 55.2 Å². The number of phenols is 6. The largest absolute Gasteiger partial charge is 0.504 e. The number of carbonyl (C=O) groups excluding carboxylic acids is 1. The molecule has 0 amide bonds. The van der Waals surface area contributed by atoms with Gasteiger partial charge in [-0.2, -0.15) is 0 Å². The molecule has 0 aromatic heterocycles. The summed E-state index contributed by atoms with van der Waals surface area (Å²) >= 11 is 0. The van der Waals surface area contributed by atoms with Gasteiger partial charge in [-0.05, 0) is 53.1 Å². The molecule has 3 aromatic rings. The number of rotatable bonds is 7. The van der Waals surface area contributed by atoms with E-state index in [1.807, 2.05) is 0 Å². The maximum Gasteiger partial charge on any atom is 0.345 e. The number of carbonyl (C=O) groups is 3. The van der Waals surface area contributed by atoms with Gasteiger partial charge in [0.1, 0.15) is 0 Å². The molecule has 3 unspecified atom stereocenters. The number of benzene rings is 3. The Kier molecular flexibility index (Phi) is 6.95. The van der Waals surface area contributed by atoms with Crippen molar-refractivity contribution in [2.75, 3.05) is 0 Å². The van der Waals surface area contributed by atoms with Crippen LogP contribution in [0.2, 0.25) is 0 Å². The van der Waals surface area contributed by atoms with Gasteiger partial charge >= 0.3 is 17.9 Å². The molecule has 3 atom stereocenters. The summed E-state index contributed by atoms with van der Waals surface area (Å²) in [5, 5.41) is 79.6. The number of hydrogen-bond donors (Lipinski definition) is 8. The quantitative estimate of drug-likeness (QED) is 0.161. The van der Waals surface area contributed by atoms with Crippen molar-refractivity contribution in [1.82, 2.24) is 0 Å². The molecular formula is C27H22O12. The molecule has 0 fully saturated rings. The predicted molar refractivity (Wildman–Crippen MR) is 132 cm³/mol. The highest BCUT2D eigenvalue weighted by Gasteiger charge is 2.44. The molecule has 0 saturated heterocycles. The number of ether oxygens (including phenoxy) is 1. The minimum atomic E-state index is -1.85. The zero-order valence-corrected chi connectivity index (χ0v) is 19.8. The topological polar surface area (TPSA) is 222 Å². The molecule has 8 N–H and O–H groups in total. The predicted octanol–water partition coefficient (Wildman–Crippen LogP) is 2.51. The van der Waals surface area contributed by atoms with Crippen molar-refractivity contribution < 1.29 is 60.0 Å². The monoisotopic (exact) mass is 538 g/mol. The molecule has 12 nitrogen and oxygen atoms in total. The molecule has 3 aromatic carbocycles. The first-order valence-electron chi connectivity index (χ1n) is 11.3. The maximum atomic E-state index is 13.7. The molecule has 0 bridgehead atoms. The fraction of sp³-hybridized carbons (Fsp3) is 0.148.